The number of hydrogen-bond acceptors (Lipinski definition) is 5. The lowest BCUT2D eigenvalue weighted by atomic mass is 9.99. The fourth-order valence-electron chi connectivity index (χ4n) is 3.85. The zero-order valence-electron chi connectivity index (χ0n) is 18.2. The summed E-state index contributed by atoms with van der Waals surface area (Å²) < 4.78 is 8.06. The molecule has 3 aromatic heterocycles. The Bertz CT molecular complexity index is 1320. The van der Waals surface area contributed by atoms with Crippen LogP contribution in [0.15, 0.2) is 45.9 Å². The van der Waals surface area contributed by atoms with Crippen molar-refractivity contribution in [2.45, 2.75) is 40.7 Å². The van der Waals surface area contributed by atoms with Crippen molar-refractivity contribution < 1.29 is 4.42 Å². The number of nitrogens with one attached hydrogen (secondary N) is 1. The van der Waals surface area contributed by atoms with Gasteiger partial charge < -0.3 is 9.73 Å². The number of fused-ring (bicyclic) bond motifs is 1. The molecule has 0 saturated carbocycles. The second-order valence-corrected chi connectivity index (χ2v) is 7.97. The largest absolute Gasteiger partial charge is 0.455 e. The zero-order valence-corrected chi connectivity index (χ0v) is 18.2. The van der Waals surface area contributed by atoms with Gasteiger partial charge in [0.25, 0.3) is 0 Å². The monoisotopic (exact) mass is 402 g/mol. The second-order valence-electron chi connectivity index (χ2n) is 7.97. The van der Waals surface area contributed by atoms with E-state index in [0.717, 1.165) is 33.8 Å². The number of pyridine rings is 1. The van der Waals surface area contributed by atoms with Crippen molar-refractivity contribution in [2.24, 2.45) is 7.05 Å². The Hall–Kier alpha value is -3.41. The first-order chi connectivity index (χ1) is 14.2. The molecule has 30 heavy (non-hydrogen) atoms. The van der Waals surface area contributed by atoms with Gasteiger partial charge >= 0.3 is 0 Å². The molecule has 0 saturated heterocycles. The number of nitrogens with zero attached hydrogens (tertiary/aromatic N) is 3. The van der Waals surface area contributed by atoms with E-state index in [9.17, 15) is 4.79 Å². The Morgan fingerprint density at radius 1 is 1.13 bits per heavy atom. The van der Waals surface area contributed by atoms with Crippen LogP contribution in [0, 0.1) is 27.7 Å². The van der Waals surface area contributed by atoms with Crippen LogP contribution in [-0.4, -0.2) is 14.8 Å². The van der Waals surface area contributed by atoms with E-state index >= 15 is 0 Å². The molecular formula is C24H26N4O2. The third kappa shape index (κ3) is 3.49. The van der Waals surface area contributed by atoms with E-state index in [1.165, 1.54) is 0 Å². The molecule has 6 nitrogen and oxygen atoms in total. The van der Waals surface area contributed by atoms with E-state index in [4.69, 9.17) is 4.42 Å². The van der Waals surface area contributed by atoms with Crippen LogP contribution in [0.5, 0.6) is 0 Å². The molecule has 1 atom stereocenters. The first kappa shape index (κ1) is 19.9. The van der Waals surface area contributed by atoms with Crippen molar-refractivity contribution in [1.29, 1.82) is 0 Å². The molecule has 0 amide bonds. The molecule has 0 aliphatic carbocycles. The van der Waals surface area contributed by atoms with Crippen molar-refractivity contribution in [3.05, 3.63) is 75.0 Å². The van der Waals surface area contributed by atoms with Crippen LogP contribution in [0.25, 0.3) is 22.3 Å². The van der Waals surface area contributed by atoms with Gasteiger partial charge in [0, 0.05) is 30.1 Å². The van der Waals surface area contributed by atoms with E-state index in [0.29, 0.717) is 22.3 Å². The molecule has 0 aliphatic rings. The van der Waals surface area contributed by atoms with Gasteiger partial charge in [-0.15, -0.1) is 0 Å². The standard InChI is InChI=1S/C24H26N4O2/c1-13-9-19(16(4)27-21-8-7-14(2)26-17(21)5)24-20(10-13)22(29)15(3)23(30-24)18-11-25-28(6)12-18/h7-12,16,27H,1-6H3/t16-/m1/s1. The van der Waals surface area contributed by atoms with Crippen LogP contribution in [0.3, 0.4) is 0 Å². The molecule has 0 bridgehead atoms. The van der Waals surface area contributed by atoms with Crippen LogP contribution in [0.1, 0.15) is 41.0 Å². The van der Waals surface area contributed by atoms with Crippen LogP contribution < -0.4 is 10.7 Å². The minimum absolute atomic E-state index is 0.0135. The summed E-state index contributed by atoms with van der Waals surface area (Å²) in [6.45, 7) is 9.83. The Kier molecular flexibility index (Phi) is 4.94. The van der Waals surface area contributed by atoms with Gasteiger partial charge in [-0.05, 0) is 58.4 Å². The Morgan fingerprint density at radius 3 is 2.57 bits per heavy atom. The lowest BCUT2D eigenvalue weighted by Crippen LogP contribution is -2.13. The Balaban J connectivity index is 1.88. The SMILES string of the molecule is Cc1cc([C@@H](C)Nc2ccc(C)nc2C)c2oc(-c3cnn(C)c3)c(C)c(=O)c2c1. The highest BCUT2D eigenvalue weighted by molar-refractivity contribution is 5.84. The maximum atomic E-state index is 13.2. The van der Waals surface area contributed by atoms with Gasteiger partial charge in [0.05, 0.1) is 34.6 Å². The summed E-state index contributed by atoms with van der Waals surface area (Å²) in [5.41, 5.74) is 6.81. The third-order valence-electron chi connectivity index (χ3n) is 5.42. The van der Waals surface area contributed by atoms with E-state index in [-0.39, 0.29) is 11.5 Å². The average molecular weight is 402 g/mol. The molecule has 0 unspecified atom stereocenters. The summed E-state index contributed by atoms with van der Waals surface area (Å²) in [7, 11) is 1.84. The van der Waals surface area contributed by atoms with E-state index < -0.39 is 0 Å². The summed E-state index contributed by atoms with van der Waals surface area (Å²) in [6.07, 6.45) is 3.57. The second kappa shape index (κ2) is 7.44. The lowest BCUT2D eigenvalue weighted by Gasteiger charge is -2.19. The number of benzene rings is 1. The molecule has 0 fully saturated rings. The van der Waals surface area contributed by atoms with Gasteiger partial charge in [0.2, 0.25) is 0 Å². The Morgan fingerprint density at radius 2 is 1.90 bits per heavy atom. The molecular weight excluding hydrogens is 376 g/mol. The molecule has 4 aromatic rings. The molecule has 1 N–H and O–H groups in total. The van der Waals surface area contributed by atoms with Gasteiger partial charge in [0.1, 0.15) is 11.3 Å². The van der Waals surface area contributed by atoms with Gasteiger partial charge in [-0.1, -0.05) is 6.07 Å². The maximum Gasteiger partial charge on any atom is 0.196 e. The van der Waals surface area contributed by atoms with Crippen molar-refractivity contribution in [2.75, 3.05) is 5.32 Å². The number of aromatic nitrogens is 3. The molecule has 0 radical (unpaired) electrons. The molecule has 154 valence electrons. The van der Waals surface area contributed by atoms with E-state index in [2.05, 4.69) is 28.4 Å². The fraction of sp³-hybridized carbons (Fsp3) is 0.292. The van der Waals surface area contributed by atoms with Crippen LogP contribution in [0.4, 0.5) is 5.69 Å². The van der Waals surface area contributed by atoms with Gasteiger partial charge in [-0.2, -0.15) is 5.10 Å². The zero-order chi connectivity index (χ0) is 21.6. The van der Waals surface area contributed by atoms with Gasteiger partial charge in [-0.25, -0.2) is 0 Å². The first-order valence-corrected chi connectivity index (χ1v) is 10.0. The predicted octanol–water partition coefficient (Wildman–Crippen LogP) is 5.00. The molecule has 1 aromatic carbocycles. The highest BCUT2D eigenvalue weighted by atomic mass is 16.3. The van der Waals surface area contributed by atoms with Crippen molar-refractivity contribution >= 4 is 16.7 Å². The molecule has 3 heterocycles. The fourth-order valence-corrected chi connectivity index (χ4v) is 3.85. The molecule has 0 spiro atoms. The van der Waals surface area contributed by atoms with Crippen LogP contribution in [-0.2, 0) is 7.05 Å². The summed E-state index contributed by atoms with van der Waals surface area (Å²) in [5, 5.41) is 8.35. The summed E-state index contributed by atoms with van der Waals surface area (Å²) in [4.78, 5) is 17.7. The van der Waals surface area contributed by atoms with Crippen molar-refractivity contribution in [3.8, 4) is 11.3 Å². The number of hydrogen-bond donors (Lipinski definition) is 1. The summed E-state index contributed by atoms with van der Waals surface area (Å²) >= 11 is 0. The number of rotatable bonds is 4. The maximum absolute atomic E-state index is 13.2. The quantitative estimate of drug-likeness (QED) is 0.520. The lowest BCUT2D eigenvalue weighted by molar-refractivity contribution is 0.605. The highest BCUT2D eigenvalue weighted by Crippen LogP contribution is 2.32. The molecule has 0 aliphatic heterocycles. The highest BCUT2D eigenvalue weighted by Gasteiger charge is 2.20. The molecule has 4 rings (SSSR count). The predicted molar refractivity (Wildman–Crippen MR) is 120 cm³/mol. The van der Waals surface area contributed by atoms with Crippen LogP contribution in [0.2, 0.25) is 0 Å². The van der Waals surface area contributed by atoms with Crippen molar-refractivity contribution in [3.63, 3.8) is 0 Å². The summed E-state index contributed by atoms with van der Waals surface area (Å²) in [6, 6.07) is 7.91. The van der Waals surface area contributed by atoms with Crippen molar-refractivity contribution in [1.82, 2.24) is 14.8 Å². The van der Waals surface area contributed by atoms with E-state index in [1.807, 2.05) is 52.2 Å². The minimum Gasteiger partial charge on any atom is -0.455 e. The Labute approximate surface area is 175 Å². The average Bonchev–Trinajstić information content (AvgIpc) is 3.12. The summed E-state index contributed by atoms with van der Waals surface area (Å²) in [5.74, 6) is 0.561. The normalized spacial score (nSPS) is 12.3. The third-order valence-corrected chi connectivity index (χ3v) is 5.42. The smallest absolute Gasteiger partial charge is 0.196 e. The topological polar surface area (TPSA) is 73.0 Å². The number of aryl methyl sites for hydroxylation is 4. The molecule has 6 heteroatoms. The minimum atomic E-state index is -0.0804. The first-order valence-electron chi connectivity index (χ1n) is 10.0. The van der Waals surface area contributed by atoms with Crippen LogP contribution >= 0.6 is 0 Å². The van der Waals surface area contributed by atoms with Gasteiger partial charge in [0.15, 0.2) is 5.43 Å². The number of anilines is 1. The van der Waals surface area contributed by atoms with Gasteiger partial charge in [-0.3, -0.25) is 14.5 Å². The van der Waals surface area contributed by atoms with E-state index in [1.54, 1.807) is 17.8 Å².